The molecule has 0 heterocycles. The van der Waals surface area contributed by atoms with Gasteiger partial charge in [-0.05, 0) is 25.1 Å². The number of halogens is 1. The Morgan fingerprint density at radius 1 is 1.53 bits per heavy atom. The second-order valence-electron chi connectivity index (χ2n) is 4.00. The van der Waals surface area contributed by atoms with E-state index < -0.39 is 5.97 Å². The number of rotatable bonds is 6. The molecule has 0 saturated heterocycles. The number of aliphatic carboxylic acids is 1. The van der Waals surface area contributed by atoms with E-state index >= 15 is 0 Å². The zero-order valence-electron chi connectivity index (χ0n) is 9.82. The molecule has 0 aromatic heterocycles. The van der Waals surface area contributed by atoms with E-state index in [1.54, 1.807) is 6.07 Å². The van der Waals surface area contributed by atoms with Crippen molar-refractivity contribution >= 4 is 23.3 Å². The number of carboxylic acid groups (broad SMARTS) is 1. The molecule has 0 aliphatic carbocycles. The Labute approximate surface area is 106 Å². The number of anilines is 1. The van der Waals surface area contributed by atoms with Gasteiger partial charge in [-0.1, -0.05) is 29.8 Å². The van der Waals surface area contributed by atoms with Gasteiger partial charge in [-0.2, -0.15) is 0 Å². The number of hydrogen-bond acceptors (Lipinski definition) is 2. The minimum Gasteiger partial charge on any atom is -0.481 e. The van der Waals surface area contributed by atoms with Gasteiger partial charge in [-0.25, -0.2) is 0 Å². The molecule has 1 aromatic rings. The van der Waals surface area contributed by atoms with Crippen molar-refractivity contribution in [2.24, 2.45) is 0 Å². The Balaban J connectivity index is 2.81. The van der Waals surface area contributed by atoms with Crippen LogP contribution in [0.25, 0.3) is 0 Å². The van der Waals surface area contributed by atoms with Crippen molar-refractivity contribution in [3.63, 3.8) is 0 Å². The molecule has 0 radical (unpaired) electrons. The van der Waals surface area contributed by atoms with Crippen LogP contribution in [-0.2, 0) is 4.79 Å². The van der Waals surface area contributed by atoms with Gasteiger partial charge in [0, 0.05) is 23.8 Å². The molecule has 0 fully saturated rings. The minimum absolute atomic E-state index is 0.0970. The van der Waals surface area contributed by atoms with Crippen LogP contribution in [0.3, 0.4) is 0 Å². The molecule has 1 rings (SSSR count). The van der Waals surface area contributed by atoms with Crippen LogP contribution < -0.4 is 4.90 Å². The van der Waals surface area contributed by atoms with Crippen molar-refractivity contribution in [3.05, 3.63) is 41.4 Å². The first-order valence-corrected chi connectivity index (χ1v) is 5.73. The van der Waals surface area contributed by atoms with Crippen molar-refractivity contribution in [1.29, 1.82) is 0 Å². The Kier molecular flexibility index (Phi) is 5.04. The summed E-state index contributed by atoms with van der Waals surface area (Å²) >= 11 is 5.92. The van der Waals surface area contributed by atoms with E-state index in [9.17, 15) is 4.79 Å². The molecule has 0 spiro atoms. The highest BCUT2D eigenvalue weighted by molar-refractivity contribution is 6.30. The Bertz CT molecular complexity index is 418. The fourth-order valence-corrected chi connectivity index (χ4v) is 1.71. The highest BCUT2D eigenvalue weighted by atomic mass is 35.5. The average Bonchev–Trinajstić information content (AvgIpc) is 2.23. The number of carboxylic acids is 1. The molecule has 92 valence electrons. The van der Waals surface area contributed by atoms with Gasteiger partial charge < -0.3 is 10.0 Å². The number of nitrogens with zero attached hydrogens (tertiary/aromatic N) is 1. The Morgan fingerprint density at radius 3 is 2.76 bits per heavy atom. The van der Waals surface area contributed by atoms with E-state index in [1.165, 1.54) is 0 Å². The third-order valence-corrected chi connectivity index (χ3v) is 2.46. The van der Waals surface area contributed by atoms with Crippen molar-refractivity contribution in [2.75, 3.05) is 18.0 Å². The second-order valence-corrected chi connectivity index (χ2v) is 4.44. The summed E-state index contributed by atoms with van der Waals surface area (Å²) in [7, 11) is 0. The van der Waals surface area contributed by atoms with E-state index in [2.05, 4.69) is 6.58 Å². The average molecular weight is 254 g/mol. The molecule has 1 aromatic carbocycles. The van der Waals surface area contributed by atoms with Crippen LogP contribution in [0.2, 0.25) is 5.02 Å². The fourth-order valence-electron chi connectivity index (χ4n) is 1.53. The number of hydrogen-bond donors (Lipinski definition) is 1. The zero-order chi connectivity index (χ0) is 12.8. The van der Waals surface area contributed by atoms with Crippen LogP contribution in [0, 0.1) is 0 Å². The van der Waals surface area contributed by atoms with Gasteiger partial charge in [-0.15, -0.1) is 0 Å². The summed E-state index contributed by atoms with van der Waals surface area (Å²) < 4.78 is 0. The summed E-state index contributed by atoms with van der Waals surface area (Å²) in [5.74, 6) is -0.807. The van der Waals surface area contributed by atoms with Gasteiger partial charge in [-0.3, -0.25) is 4.79 Å². The molecule has 0 atom stereocenters. The van der Waals surface area contributed by atoms with Crippen molar-refractivity contribution in [2.45, 2.75) is 13.3 Å². The molecule has 3 nitrogen and oxygen atoms in total. The van der Waals surface area contributed by atoms with Gasteiger partial charge in [0.25, 0.3) is 0 Å². The van der Waals surface area contributed by atoms with Gasteiger partial charge in [0.15, 0.2) is 0 Å². The van der Waals surface area contributed by atoms with Crippen LogP contribution in [0.5, 0.6) is 0 Å². The van der Waals surface area contributed by atoms with Crippen molar-refractivity contribution in [3.8, 4) is 0 Å². The molecule has 0 bridgehead atoms. The van der Waals surface area contributed by atoms with E-state index in [4.69, 9.17) is 16.7 Å². The van der Waals surface area contributed by atoms with Crippen LogP contribution in [0.1, 0.15) is 13.3 Å². The summed E-state index contributed by atoms with van der Waals surface area (Å²) in [6.45, 7) is 6.84. The molecule has 4 heteroatoms. The minimum atomic E-state index is -0.807. The van der Waals surface area contributed by atoms with Crippen molar-refractivity contribution in [1.82, 2.24) is 0 Å². The maximum atomic E-state index is 10.6. The molecule has 0 saturated carbocycles. The SMILES string of the molecule is C=C(C)CN(CCC(=O)O)c1cccc(Cl)c1. The van der Waals surface area contributed by atoms with Crippen LogP contribution in [0.4, 0.5) is 5.69 Å². The second kappa shape index (κ2) is 6.30. The highest BCUT2D eigenvalue weighted by Crippen LogP contribution is 2.20. The van der Waals surface area contributed by atoms with Gasteiger partial charge in [0.2, 0.25) is 0 Å². The van der Waals surface area contributed by atoms with E-state index in [0.29, 0.717) is 18.1 Å². The van der Waals surface area contributed by atoms with Gasteiger partial charge >= 0.3 is 5.97 Å². The number of carbonyl (C=O) groups is 1. The molecular formula is C13H16ClNO2. The van der Waals surface area contributed by atoms with Crippen LogP contribution in [0.15, 0.2) is 36.4 Å². The van der Waals surface area contributed by atoms with Crippen LogP contribution in [-0.4, -0.2) is 24.2 Å². The summed E-state index contributed by atoms with van der Waals surface area (Å²) in [4.78, 5) is 12.6. The molecule has 1 N–H and O–H groups in total. The van der Waals surface area contributed by atoms with Crippen LogP contribution >= 0.6 is 11.6 Å². The van der Waals surface area contributed by atoms with E-state index in [1.807, 2.05) is 30.0 Å². The first kappa shape index (κ1) is 13.6. The smallest absolute Gasteiger partial charge is 0.305 e. The molecule has 0 amide bonds. The number of benzene rings is 1. The molecule has 0 aliphatic heterocycles. The lowest BCUT2D eigenvalue weighted by Crippen LogP contribution is -2.27. The summed E-state index contributed by atoms with van der Waals surface area (Å²) in [6, 6.07) is 7.38. The monoisotopic (exact) mass is 253 g/mol. The standard InChI is InChI=1S/C13H16ClNO2/c1-10(2)9-15(7-6-13(16)17)12-5-3-4-11(14)8-12/h3-5,8H,1,6-7,9H2,2H3,(H,16,17). The van der Waals surface area contributed by atoms with Gasteiger partial charge in [0.1, 0.15) is 0 Å². The predicted molar refractivity (Wildman–Crippen MR) is 70.7 cm³/mol. The zero-order valence-corrected chi connectivity index (χ0v) is 10.6. The predicted octanol–water partition coefficient (Wildman–Crippen LogP) is 3.20. The first-order chi connectivity index (χ1) is 7.99. The maximum absolute atomic E-state index is 10.6. The highest BCUT2D eigenvalue weighted by Gasteiger charge is 2.09. The molecule has 17 heavy (non-hydrogen) atoms. The quantitative estimate of drug-likeness (QED) is 0.792. The third-order valence-electron chi connectivity index (χ3n) is 2.23. The lowest BCUT2D eigenvalue weighted by molar-refractivity contribution is -0.136. The normalized spacial score (nSPS) is 10.0. The molecular weight excluding hydrogens is 238 g/mol. The maximum Gasteiger partial charge on any atom is 0.305 e. The Hall–Kier alpha value is -1.48. The Morgan fingerprint density at radius 2 is 2.24 bits per heavy atom. The largest absolute Gasteiger partial charge is 0.481 e. The third kappa shape index (κ3) is 4.91. The fraction of sp³-hybridized carbons (Fsp3) is 0.308. The van der Waals surface area contributed by atoms with E-state index in [0.717, 1.165) is 11.3 Å². The lowest BCUT2D eigenvalue weighted by atomic mass is 10.2. The van der Waals surface area contributed by atoms with Gasteiger partial charge in [0.05, 0.1) is 6.42 Å². The summed E-state index contributed by atoms with van der Waals surface area (Å²) in [5.41, 5.74) is 1.90. The van der Waals surface area contributed by atoms with Crippen molar-refractivity contribution < 1.29 is 9.90 Å². The van der Waals surface area contributed by atoms with E-state index in [-0.39, 0.29) is 6.42 Å². The summed E-state index contributed by atoms with van der Waals surface area (Å²) in [5, 5.41) is 9.37. The summed E-state index contributed by atoms with van der Waals surface area (Å²) in [6.07, 6.45) is 0.0970. The molecule has 0 unspecified atom stereocenters. The topological polar surface area (TPSA) is 40.5 Å². The lowest BCUT2D eigenvalue weighted by Gasteiger charge is -2.24. The first-order valence-electron chi connectivity index (χ1n) is 5.35. The molecule has 0 aliphatic rings.